The molecule has 1 N–H and O–H groups in total. The standard InChI is InChI=1S/C22H25NO2S/c1-14-7-9-16(10-8-14)21(19-11-15(19)2)20-12-23-22-17(13-26(3,24)25)5-4-6-18(20)22/h4-10,12,15,19,21,23H,11,13H2,1-3H3. The Hall–Kier alpha value is -2.07. The molecule has 4 rings (SSSR count). The summed E-state index contributed by atoms with van der Waals surface area (Å²) in [4.78, 5) is 3.37. The first-order valence-electron chi connectivity index (χ1n) is 9.16. The van der Waals surface area contributed by atoms with Gasteiger partial charge in [-0.3, -0.25) is 0 Å². The molecule has 4 heteroatoms. The lowest BCUT2D eigenvalue weighted by atomic mass is 9.85. The van der Waals surface area contributed by atoms with Crippen LogP contribution in [0.3, 0.4) is 0 Å². The Bertz CT molecular complexity index is 1050. The Morgan fingerprint density at radius 3 is 2.46 bits per heavy atom. The molecule has 0 bridgehead atoms. The average Bonchev–Trinajstić information content (AvgIpc) is 3.12. The van der Waals surface area contributed by atoms with Crippen LogP contribution in [0, 0.1) is 18.8 Å². The lowest BCUT2D eigenvalue weighted by Gasteiger charge is -2.18. The number of fused-ring (bicyclic) bond motifs is 1. The maximum absolute atomic E-state index is 11.8. The minimum Gasteiger partial charge on any atom is -0.361 e. The molecule has 2 aromatic carbocycles. The molecule has 136 valence electrons. The normalized spacial score (nSPS) is 21.0. The van der Waals surface area contributed by atoms with Crippen molar-refractivity contribution in [3.63, 3.8) is 0 Å². The van der Waals surface area contributed by atoms with Crippen LogP contribution in [0.1, 0.15) is 41.5 Å². The summed E-state index contributed by atoms with van der Waals surface area (Å²) in [5, 5.41) is 1.15. The SMILES string of the molecule is Cc1ccc(C(c2c[nH]c3c(CS(C)(=O)=O)cccc23)C2CC2C)cc1. The van der Waals surface area contributed by atoms with E-state index in [1.165, 1.54) is 29.4 Å². The average molecular weight is 368 g/mol. The van der Waals surface area contributed by atoms with Crippen LogP contribution < -0.4 is 0 Å². The van der Waals surface area contributed by atoms with E-state index < -0.39 is 9.84 Å². The summed E-state index contributed by atoms with van der Waals surface area (Å²) in [6.45, 7) is 4.43. The zero-order valence-corrected chi connectivity index (χ0v) is 16.3. The van der Waals surface area contributed by atoms with Crippen molar-refractivity contribution in [3.05, 3.63) is 70.9 Å². The molecule has 1 aliphatic carbocycles. The van der Waals surface area contributed by atoms with Crippen LogP contribution in [-0.4, -0.2) is 19.7 Å². The Kier molecular flexibility index (Phi) is 4.19. The number of benzene rings is 2. The number of sulfone groups is 1. The molecule has 1 saturated carbocycles. The molecule has 1 heterocycles. The quantitative estimate of drug-likeness (QED) is 0.703. The van der Waals surface area contributed by atoms with Gasteiger partial charge in [-0.05, 0) is 41.9 Å². The number of aromatic nitrogens is 1. The molecular weight excluding hydrogens is 342 g/mol. The molecule has 1 aliphatic rings. The number of aryl methyl sites for hydroxylation is 1. The third-order valence-corrected chi connectivity index (χ3v) is 6.46. The first kappa shape index (κ1) is 17.3. The number of rotatable bonds is 5. The van der Waals surface area contributed by atoms with Gasteiger partial charge < -0.3 is 4.98 Å². The second-order valence-corrected chi connectivity index (χ2v) is 10.1. The summed E-state index contributed by atoms with van der Waals surface area (Å²) in [5.74, 6) is 1.80. The Labute approximate surface area is 155 Å². The number of para-hydroxylation sites is 1. The molecule has 0 amide bonds. The van der Waals surface area contributed by atoms with Crippen LogP contribution in [0.15, 0.2) is 48.7 Å². The lowest BCUT2D eigenvalue weighted by Crippen LogP contribution is -2.05. The van der Waals surface area contributed by atoms with E-state index in [1.807, 2.05) is 12.1 Å². The topological polar surface area (TPSA) is 49.9 Å². The molecule has 0 radical (unpaired) electrons. The third-order valence-electron chi connectivity index (χ3n) is 5.62. The summed E-state index contributed by atoms with van der Waals surface area (Å²) in [6.07, 6.45) is 4.62. The maximum atomic E-state index is 11.8. The van der Waals surface area contributed by atoms with Gasteiger partial charge >= 0.3 is 0 Å². The molecule has 3 nitrogen and oxygen atoms in total. The highest BCUT2D eigenvalue weighted by Crippen LogP contribution is 2.52. The maximum Gasteiger partial charge on any atom is 0.151 e. The van der Waals surface area contributed by atoms with Crippen LogP contribution in [-0.2, 0) is 15.6 Å². The van der Waals surface area contributed by atoms with Crippen molar-refractivity contribution in [1.29, 1.82) is 0 Å². The highest BCUT2D eigenvalue weighted by Gasteiger charge is 2.41. The van der Waals surface area contributed by atoms with E-state index in [9.17, 15) is 8.42 Å². The fraction of sp³-hybridized carbons (Fsp3) is 0.364. The zero-order chi connectivity index (χ0) is 18.5. The number of hydrogen-bond donors (Lipinski definition) is 1. The Morgan fingerprint density at radius 1 is 1.15 bits per heavy atom. The van der Waals surface area contributed by atoms with Crippen LogP contribution in [0.25, 0.3) is 10.9 Å². The first-order chi connectivity index (χ1) is 12.3. The van der Waals surface area contributed by atoms with Crippen molar-refractivity contribution in [2.75, 3.05) is 6.26 Å². The molecule has 26 heavy (non-hydrogen) atoms. The van der Waals surface area contributed by atoms with Crippen LogP contribution in [0.5, 0.6) is 0 Å². The second-order valence-electron chi connectivity index (χ2n) is 7.92. The number of aromatic amines is 1. The lowest BCUT2D eigenvalue weighted by molar-refractivity contribution is 0.601. The van der Waals surface area contributed by atoms with Crippen molar-refractivity contribution >= 4 is 20.7 Å². The van der Waals surface area contributed by atoms with Crippen LogP contribution in [0.2, 0.25) is 0 Å². The molecule has 0 saturated heterocycles. The molecular formula is C22H25NO2S. The molecule has 0 aliphatic heterocycles. The van der Waals surface area contributed by atoms with Crippen molar-refractivity contribution in [2.45, 2.75) is 31.9 Å². The zero-order valence-electron chi connectivity index (χ0n) is 15.5. The Balaban J connectivity index is 1.83. The van der Waals surface area contributed by atoms with Crippen LogP contribution in [0.4, 0.5) is 0 Å². The predicted octanol–water partition coefficient (Wildman–Crippen LogP) is 4.81. The van der Waals surface area contributed by atoms with Crippen LogP contribution >= 0.6 is 0 Å². The van der Waals surface area contributed by atoms with E-state index >= 15 is 0 Å². The van der Waals surface area contributed by atoms with Gasteiger partial charge in [-0.15, -0.1) is 0 Å². The highest BCUT2D eigenvalue weighted by molar-refractivity contribution is 7.89. The van der Waals surface area contributed by atoms with Gasteiger partial charge in [0.25, 0.3) is 0 Å². The minimum absolute atomic E-state index is 0.0688. The monoisotopic (exact) mass is 367 g/mol. The smallest absolute Gasteiger partial charge is 0.151 e. The van der Waals surface area contributed by atoms with Crippen molar-refractivity contribution in [3.8, 4) is 0 Å². The number of H-pyrrole nitrogens is 1. The van der Waals surface area contributed by atoms with Gasteiger partial charge in [0.2, 0.25) is 0 Å². The summed E-state index contributed by atoms with van der Waals surface area (Å²) in [5.41, 5.74) is 5.71. The molecule has 1 aromatic heterocycles. The van der Waals surface area contributed by atoms with E-state index in [4.69, 9.17) is 0 Å². The first-order valence-corrected chi connectivity index (χ1v) is 11.2. The highest BCUT2D eigenvalue weighted by atomic mass is 32.2. The molecule has 1 fully saturated rings. The van der Waals surface area contributed by atoms with E-state index in [0.29, 0.717) is 11.8 Å². The minimum atomic E-state index is -3.07. The van der Waals surface area contributed by atoms with Crippen molar-refractivity contribution in [1.82, 2.24) is 4.98 Å². The van der Waals surface area contributed by atoms with Gasteiger partial charge in [0.1, 0.15) is 0 Å². The third kappa shape index (κ3) is 3.30. The van der Waals surface area contributed by atoms with E-state index in [0.717, 1.165) is 22.4 Å². The van der Waals surface area contributed by atoms with Crippen molar-refractivity contribution < 1.29 is 8.42 Å². The van der Waals surface area contributed by atoms with Gasteiger partial charge in [0.05, 0.1) is 5.75 Å². The van der Waals surface area contributed by atoms with Gasteiger partial charge in [-0.25, -0.2) is 8.42 Å². The van der Waals surface area contributed by atoms with Gasteiger partial charge in [-0.1, -0.05) is 55.0 Å². The number of nitrogens with one attached hydrogen (secondary N) is 1. The van der Waals surface area contributed by atoms with Gasteiger partial charge in [-0.2, -0.15) is 0 Å². The molecule has 3 unspecified atom stereocenters. The fourth-order valence-electron chi connectivity index (χ4n) is 4.15. The van der Waals surface area contributed by atoms with E-state index in [1.54, 1.807) is 0 Å². The van der Waals surface area contributed by atoms with E-state index in [2.05, 4.69) is 55.4 Å². The molecule has 0 spiro atoms. The van der Waals surface area contributed by atoms with Crippen molar-refractivity contribution in [2.24, 2.45) is 11.8 Å². The molecule has 3 aromatic rings. The Morgan fingerprint density at radius 2 is 1.85 bits per heavy atom. The summed E-state index contributed by atoms with van der Waals surface area (Å²) in [7, 11) is -3.07. The predicted molar refractivity (Wildman–Crippen MR) is 107 cm³/mol. The molecule has 3 atom stereocenters. The largest absolute Gasteiger partial charge is 0.361 e. The summed E-state index contributed by atoms with van der Waals surface area (Å²) in [6, 6.07) is 14.8. The second kappa shape index (κ2) is 6.27. The fourth-order valence-corrected chi connectivity index (χ4v) is 4.95. The summed E-state index contributed by atoms with van der Waals surface area (Å²) < 4.78 is 23.6. The van der Waals surface area contributed by atoms with E-state index in [-0.39, 0.29) is 5.75 Å². The van der Waals surface area contributed by atoms with Gasteiger partial charge in [0.15, 0.2) is 9.84 Å². The number of hydrogen-bond acceptors (Lipinski definition) is 2. The summed E-state index contributed by atoms with van der Waals surface area (Å²) >= 11 is 0. The van der Waals surface area contributed by atoms with Gasteiger partial charge in [0, 0.05) is 29.3 Å².